The number of nitrogens with zero attached hydrogens (tertiary/aromatic N) is 6. The van der Waals surface area contributed by atoms with Crippen molar-refractivity contribution < 1.29 is 19.0 Å². The molecule has 1 atom stereocenters. The normalized spacial score (nSPS) is 16.2. The maximum Gasteiger partial charge on any atom is 0.240 e. The third-order valence-electron chi connectivity index (χ3n) is 6.73. The van der Waals surface area contributed by atoms with Crippen LogP contribution >= 0.6 is 0 Å². The third kappa shape index (κ3) is 6.26. The molecule has 4 aromatic rings. The number of H-pyrrole nitrogens is 1. The number of carbonyl (C=O) groups excluding carboxylic acids is 1. The molecular formula is C29H39N7O4. The monoisotopic (exact) mass is 549 g/mol. The molecule has 214 valence electrons. The molecule has 1 aliphatic heterocycles. The standard InChI is InChI=1S/C26H31N7O3.C3H8O/c1-5-32-15-17(3)36-26-21(14-27-31(26)4)18-7-9-22-20(13-18)23(29-28-22)10-8-19-24(16-32)33(11-12-34)30-25(19)35-6-2;1-3-4-2/h7-10,12-14,17H,5-6,11,15-16H2,1-4H3,(H,28,29);3H2,1-2H3/b10-8+;. The molecule has 1 aliphatic rings. The molecular weight excluding hydrogens is 510 g/mol. The van der Waals surface area contributed by atoms with Gasteiger partial charge in [0.15, 0.2) is 0 Å². The van der Waals surface area contributed by atoms with Crippen LogP contribution in [0.4, 0.5) is 0 Å². The molecule has 1 unspecified atom stereocenters. The highest BCUT2D eigenvalue weighted by Gasteiger charge is 2.23. The topological polar surface area (TPSA) is 112 Å². The van der Waals surface area contributed by atoms with E-state index in [0.29, 0.717) is 25.6 Å². The summed E-state index contributed by atoms with van der Waals surface area (Å²) in [5.74, 6) is 1.23. The average Bonchev–Trinajstić information content (AvgIpc) is 3.62. The third-order valence-corrected chi connectivity index (χ3v) is 6.73. The van der Waals surface area contributed by atoms with E-state index in [1.54, 1.807) is 16.5 Å². The molecule has 0 fully saturated rings. The van der Waals surface area contributed by atoms with Crippen LogP contribution in [0.1, 0.15) is 44.6 Å². The van der Waals surface area contributed by atoms with Crippen LogP contribution in [0.2, 0.25) is 0 Å². The maximum absolute atomic E-state index is 11.5. The van der Waals surface area contributed by atoms with Gasteiger partial charge in [-0.15, -0.1) is 5.10 Å². The van der Waals surface area contributed by atoms with Crippen molar-refractivity contribution in [2.24, 2.45) is 7.05 Å². The molecule has 1 aromatic carbocycles. The van der Waals surface area contributed by atoms with E-state index in [0.717, 1.165) is 64.3 Å². The minimum absolute atomic E-state index is 0.106. The molecule has 0 spiro atoms. The van der Waals surface area contributed by atoms with Gasteiger partial charge in [-0.05, 0) is 57.2 Å². The number of nitrogens with one attached hydrogen (secondary N) is 1. The zero-order valence-corrected chi connectivity index (χ0v) is 24.2. The van der Waals surface area contributed by atoms with Gasteiger partial charge < -0.3 is 19.0 Å². The van der Waals surface area contributed by atoms with Crippen LogP contribution in [-0.4, -0.2) is 80.5 Å². The zero-order valence-electron chi connectivity index (χ0n) is 24.2. The van der Waals surface area contributed by atoms with Crippen molar-refractivity contribution >= 4 is 29.3 Å². The second-order valence-electron chi connectivity index (χ2n) is 9.47. The van der Waals surface area contributed by atoms with Crippen molar-refractivity contribution in [2.75, 3.05) is 33.4 Å². The van der Waals surface area contributed by atoms with Crippen molar-refractivity contribution in [3.05, 3.63) is 41.3 Å². The molecule has 3 aromatic heterocycles. The minimum atomic E-state index is -0.106. The van der Waals surface area contributed by atoms with E-state index in [2.05, 4.69) is 49.9 Å². The van der Waals surface area contributed by atoms with E-state index >= 15 is 0 Å². The highest BCUT2D eigenvalue weighted by molar-refractivity contribution is 5.93. The molecule has 0 aliphatic carbocycles. The van der Waals surface area contributed by atoms with E-state index in [-0.39, 0.29) is 12.6 Å². The fourth-order valence-corrected chi connectivity index (χ4v) is 4.65. The highest BCUT2D eigenvalue weighted by atomic mass is 16.5. The molecule has 11 heteroatoms. The first-order valence-corrected chi connectivity index (χ1v) is 13.7. The van der Waals surface area contributed by atoms with Crippen LogP contribution in [0.25, 0.3) is 34.2 Å². The Morgan fingerprint density at radius 1 is 1.20 bits per heavy atom. The van der Waals surface area contributed by atoms with Crippen LogP contribution in [0.3, 0.4) is 0 Å². The van der Waals surface area contributed by atoms with Gasteiger partial charge in [-0.2, -0.15) is 10.2 Å². The fraction of sp³-hybridized carbons (Fsp3) is 0.448. The lowest BCUT2D eigenvalue weighted by Crippen LogP contribution is -2.34. The number of aromatic amines is 1. The van der Waals surface area contributed by atoms with Gasteiger partial charge in [-0.3, -0.25) is 14.7 Å². The van der Waals surface area contributed by atoms with Crippen molar-refractivity contribution in [3.63, 3.8) is 0 Å². The molecule has 2 bridgehead atoms. The second kappa shape index (κ2) is 13.4. The zero-order chi connectivity index (χ0) is 28.6. The number of aldehydes is 1. The van der Waals surface area contributed by atoms with Gasteiger partial charge in [0.05, 0.1) is 47.4 Å². The van der Waals surface area contributed by atoms with Crippen LogP contribution in [0, 0.1) is 0 Å². The van der Waals surface area contributed by atoms with Crippen LogP contribution < -0.4 is 9.47 Å². The number of rotatable bonds is 6. The number of hydrogen-bond donors (Lipinski definition) is 1. The predicted octanol–water partition coefficient (Wildman–Crippen LogP) is 4.18. The largest absolute Gasteiger partial charge is 0.476 e. The molecule has 0 saturated carbocycles. The lowest BCUT2D eigenvalue weighted by atomic mass is 10.1. The van der Waals surface area contributed by atoms with Crippen molar-refractivity contribution in [1.82, 2.24) is 34.7 Å². The second-order valence-corrected chi connectivity index (χ2v) is 9.47. The number of aryl methyl sites for hydroxylation is 1. The summed E-state index contributed by atoms with van der Waals surface area (Å²) in [6.07, 6.45) is 6.58. The fourth-order valence-electron chi connectivity index (χ4n) is 4.65. The Hall–Kier alpha value is -3.96. The molecule has 40 heavy (non-hydrogen) atoms. The number of hydrogen-bond acceptors (Lipinski definition) is 8. The smallest absolute Gasteiger partial charge is 0.240 e. The summed E-state index contributed by atoms with van der Waals surface area (Å²) in [5, 5.41) is 17.7. The summed E-state index contributed by atoms with van der Waals surface area (Å²) >= 11 is 0. The lowest BCUT2D eigenvalue weighted by Gasteiger charge is -2.25. The van der Waals surface area contributed by atoms with Gasteiger partial charge in [-0.1, -0.05) is 13.0 Å². The Balaban J connectivity index is 0.000000867. The molecule has 0 amide bonds. The van der Waals surface area contributed by atoms with Gasteiger partial charge in [0.25, 0.3) is 0 Å². The number of methoxy groups -OCH3 is 1. The number of benzene rings is 1. The van der Waals surface area contributed by atoms with Crippen LogP contribution in [-0.2, 0) is 29.7 Å². The first kappa shape index (κ1) is 29.0. The Bertz CT molecular complexity index is 1450. The summed E-state index contributed by atoms with van der Waals surface area (Å²) in [4.78, 5) is 13.7. The predicted molar refractivity (Wildman–Crippen MR) is 155 cm³/mol. The van der Waals surface area contributed by atoms with Gasteiger partial charge in [-0.25, -0.2) is 4.68 Å². The highest BCUT2D eigenvalue weighted by Crippen LogP contribution is 2.34. The number of ether oxygens (including phenoxy) is 3. The number of likely N-dealkylation sites (N-methyl/N-ethyl adjacent to an activating group) is 1. The van der Waals surface area contributed by atoms with Crippen molar-refractivity contribution in [2.45, 2.75) is 46.9 Å². The van der Waals surface area contributed by atoms with E-state index in [4.69, 9.17) is 9.47 Å². The summed E-state index contributed by atoms with van der Waals surface area (Å²) in [7, 11) is 3.57. The first-order valence-electron chi connectivity index (χ1n) is 13.7. The first-order chi connectivity index (χ1) is 19.4. The number of carbonyl (C=O) groups is 1. The van der Waals surface area contributed by atoms with Gasteiger partial charge >= 0.3 is 0 Å². The SMILES string of the molecule is CCOC.CCOc1nn(CC=O)c2c1/C=C/c1[nH]nc3ccc(cc13)-c1cnn(C)c1OC(C)CN(CC)C2. The molecule has 0 saturated heterocycles. The molecule has 1 N–H and O–H groups in total. The lowest BCUT2D eigenvalue weighted by molar-refractivity contribution is -0.108. The van der Waals surface area contributed by atoms with Crippen molar-refractivity contribution in [3.8, 4) is 22.9 Å². The Kier molecular flexibility index (Phi) is 9.73. The maximum atomic E-state index is 11.5. The summed E-state index contributed by atoms with van der Waals surface area (Å²) in [5.41, 5.74) is 5.43. The van der Waals surface area contributed by atoms with Gasteiger partial charge in [0.1, 0.15) is 12.4 Å². The summed E-state index contributed by atoms with van der Waals surface area (Å²) in [6, 6.07) is 6.14. The van der Waals surface area contributed by atoms with E-state index in [9.17, 15) is 4.79 Å². The average molecular weight is 550 g/mol. The molecule has 5 rings (SSSR count). The van der Waals surface area contributed by atoms with E-state index < -0.39 is 0 Å². The van der Waals surface area contributed by atoms with Crippen molar-refractivity contribution in [1.29, 1.82) is 0 Å². The van der Waals surface area contributed by atoms with Crippen LogP contribution in [0.5, 0.6) is 11.8 Å². The summed E-state index contributed by atoms with van der Waals surface area (Å²) in [6.45, 7) is 11.6. The number of fused-ring (bicyclic) bond motifs is 4. The molecule has 4 heterocycles. The molecule has 11 nitrogen and oxygen atoms in total. The minimum Gasteiger partial charge on any atom is -0.476 e. The quantitative estimate of drug-likeness (QED) is 0.357. The van der Waals surface area contributed by atoms with Gasteiger partial charge in [0.2, 0.25) is 11.8 Å². The van der Waals surface area contributed by atoms with Gasteiger partial charge in [0, 0.05) is 39.2 Å². The van der Waals surface area contributed by atoms with E-state index in [1.807, 2.05) is 51.4 Å². The Morgan fingerprint density at radius 3 is 2.70 bits per heavy atom. The van der Waals surface area contributed by atoms with E-state index in [1.165, 1.54) is 0 Å². The summed E-state index contributed by atoms with van der Waals surface area (Å²) < 4.78 is 20.4. The Morgan fingerprint density at radius 2 is 2.00 bits per heavy atom. The van der Waals surface area contributed by atoms with Crippen LogP contribution in [0.15, 0.2) is 24.4 Å². The molecule has 0 radical (unpaired) electrons. The Labute approximate surface area is 234 Å². The number of aromatic nitrogens is 6.